The van der Waals surface area contributed by atoms with E-state index in [-0.39, 0.29) is 17.5 Å². The Morgan fingerprint density at radius 1 is 0.607 bits per heavy atom. The number of terminal acetylenes is 1. The summed E-state index contributed by atoms with van der Waals surface area (Å²) in [5, 5.41) is 3.38. The van der Waals surface area contributed by atoms with Gasteiger partial charge in [0.2, 0.25) is 0 Å². The summed E-state index contributed by atoms with van der Waals surface area (Å²) in [4.78, 5) is 0. The highest BCUT2D eigenvalue weighted by atomic mass is 35.7. The van der Waals surface area contributed by atoms with E-state index < -0.39 is 15.2 Å². The molecule has 0 heterocycles. The summed E-state index contributed by atoms with van der Waals surface area (Å²) >= 11 is 6.26. The Balaban J connectivity index is 0.000000273. The summed E-state index contributed by atoms with van der Waals surface area (Å²) in [6.07, 6.45) is 17.8. The van der Waals surface area contributed by atoms with Gasteiger partial charge in [-0.25, -0.2) is 13.2 Å². The lowest BCUT2D eigenvalue weighted by molar-refractivity contribution is 0.614. The summed E-state index contributed by atoms with van der Waals surface area (Å²) < 4.78 is 40.8. The van der Waals surface area contributed by atoms with Crippen molar-refractivity contribution < 1.29 is 13.2 Å². The second-order valence-corrected chi connectivity index (χ2v) is 17.3. The van der Waals surface area contributed by atoms with Crippen LogP contribution in [0.5, 0.6) is 0 Å². The molecular formula is C50H56ClF3P2. The van der Waals surface area contributed by atoms with E-state index >= 15 is 0 Å². The van der Waals surface area contributed by atoms with E-state index in [4.69, 9.17) is 17.7 Å². The van der Waals surface area contributed by atoms with E-state index in [1.165, 1.54) is 49.5 Å². The van der Waals surface area contributed by atoms with Crippen LogP contribution in [0, 0.1) is 41.4 Å². The van der Waals surface area contributed by atoms with Crippen LogP contribution in [0.3, 0.4) is 0 Å². The van der Waals surface area contributed by atoms with Gasteiger partial charge >= 0.3 is 0 Å². The Morgan fingerprint density at radius 2 is 1.09 bits per heavy atom. The molecule has 0 bridgehead atoms. The molecule has 0 radical (unpaired) electrons. The minimum Gasteiger partial charge on any atom is -0.207 e. The van der Waals surface area contributed by atoms with E-state index in [0.29, 0.717) is 11.7 Å². The van der Waals surface area contributed by atoms with Crippen LogP contribution in [0.2, 0.25) is 0 Å². The van der Waals surface area contributed by atoms with Crippen molar-refractivity contribution in [3.05, 3.63) is 168 Å². The fraction of sp³-hybridized carbons (Fsp3) is 0.280. The van der Waals surface area contributed by atoms with Crippen LogP contribution >= 0.6 is 26.4 Å². The second kappa shape index (κ2) is 30.1. The Morgan fingerprint density at radius 3 is 1.61 bits per heavy atom. The Hall–Kier alpha value is -4.10. The molecule has 0 saturated heterocycles. The largest absolute Gasteiger partial charge is 0.207 e. The SMILES string of the molecule is C#CCCCC.CCCC/C(C)=C/Cc1ccccc1F.CCCCC#CP(c1ccccc1)c1ccccc1F.Fc1ccccc1P(Cl)c1ccccc1. The third-order valence-electron chi connectivity index (χ3n) is 8.23. The number of rotatable bonds is 13. The van der Waals surface area contributed by atoms with Crippen molar-refractivity contribution in [1.29, 1.82) is 0 Å². The number of benzene rings is 5. The van der Waals surface area contributed by atoms with Crippen molar-refractivity contribution in [3.8, 4) is 23.9 Å². The predicted octanol–water partition coefficient (Wildman–Crippen LogP) is 14.1. The van der Waals surface area contributed by atoms with Crippen molar-refractivity contribution in [2.24, 2.45) is 0 Å². The molecule has 5 aromatic carbocycles. The van der Waals surface area contributed by atoms with Crippen molar-refractivity contribution >= 4 is 47.7 Å². The molecule has 5 aromatic rings. The molecule has 0 N–H and O–H groups in total. The van der Waals surface area contributed by atoms with Crippen LogP contribution in [-0.4, -0.2) is 0 Å². The standard InChI is InChI=1S/C18H18FP.C14H19F.C12H9ClFP.C6H10/c1-2-3-4-10-15-20(16-11-6-5-7-12-16)18-14-9-8-13-17(18)19;1-3-4-7-12(2)10-11-13-8-5-6-9-14(13)15;13-15(10-6-2-1-3-7-10)12-9-5-4-8-11(12)14;1-3-5-6-4-2/h5-9,11-14H,2-4H2,1H3;5-6,8-10H,3-4,7,11H2,1-2H3;1-9H;1H,4-6H2,2H3/b;12-10+;;. The summed E-state index contributed by atoms with van der Waals surface area (Å²) in [6, 6.07) is 40.2. The van der Waals surface area contributed by atoms with Gasteiger partial charge in [0.25, 0.3) is 0 Å². The van der Waals surface area contributed by atoms with E-state index in [1.54, 1.807) is 30.3 Å². The number of hydrogen-bond acceptors (Lipinski definition) is 0. The molecule has 2 unspecified atom stereocenters. The molecule has 56 heavy (non-hydrogen) atoms. The summed E-state index contributed by atoms with van der Waals surface area (Å²) in [7, 11) is -2.02. The van der Waals surface area contributed by atoms with Gasteiger partial charge in [-0.05, 0) is 73.4 Å². The molecule has 0 saturated carbocycles. The minimum atomic E-state index is -1.09. The molecule has 6 heteroatoms. The first-order valence-electron chi connectivity index (χ1n) is 19.4. The molecule has 0 aliphatic rings. The molecule has 0 aliphatic heterocycles. The number of unbranched alkanes of at least 4 members (excludes halogenated alkanes) is 5. The lowest BCUT2D eigenvalue weighted by Crippen LogP contribution is -2.13. The molecule has 0 nitrogen and oxygen atoms in total. The third-order valence-corrected chi connectivity index (χ3v) is 12.9. The number of halogens is 4. The van der Waals surface area contributed by atoms with Crippen LogP contribution < -0.4 is 21.2 Å². The minimum absolute atomic E-state index is 0.1000. The molecule has 0 spiro atoms. The lowest BCUT2D eigenvalue weighted by atomic mass is 10.1. The van der Waals surface area contributed by atoms with Crippen LogP contribution in [0.15, 0.2) is 145 Å². The van der Waals surface area contributed by atoms with Gasteiger partial charge in [-0.15, -0.1) is 12.3 Å². The van der Waals surface area contributed by atoms with Crippen LogP contribution in [0.4, 0.5) is 13.2 Å². The van der Waals surface area contributed by atoms with E-state index in [0.717, 1.165) is 53.6 Å². The van der Waals surface area contributed by atoms with Crippen molar-refractivity contribution in [2.45, 2.75) is 91.9 Å². The molecule has 0 fully saturated rings. The highest BCUT2D eigenvalue weighted by Gasteiger charge is 2.15. The number of allylic oxidation sites excluding steroid dienone is 2. The summed E-state index contributed by atoms with van der Waals surface area (Å²) in [6.45, 7) is 8.59. The molecule has 0 amide bonds. The van der Waals surface area contributed by atoms with Crippen molar-refractivity contribution in [2.75, 3.05) is 0 Å². The van der Waals surface area contributed by atoms with E-state index in [9.17, 15) is 13.2 Å². The zero-order chi connectivity index (χ0) is 40.8. The quantitative estimate of drug-likeness (QED) is 0.0481. The van der Waals surface area contributed by atoms with Crippen LogP contribution in [0.1, 0.15) is 91.0 Å². The maximum atomic E-state index is 14.0. The van der Waals surface area contributed by atoms with Gasteiger partial charge in [0.05, 0.1) is 7.27 Å². The van der Waals surface area contributed by atoms with Gasteiger partial charge in [-0.2, -0.15) is 0 Å². The molecule has 0 aliphatic carbocycles. The van der Waals surface area contributed by atoms with Gasteiger partial charge in [-0.1, -0.05) is 190 Å². The third kappa shape index (κ3) is 19.2. The Labute approximate surface area is 343 Å². The average Bonchev–Trinajstić information content (AvgIpc) is 3.23. The predicted molar refractivity (Wildman–Crippen MR) is 243 cm³/mol. The topological polar surface area (TPSA) is 0 Å². The Kier molecular flexibility index (Phi) is 25.8. The average molecular weight is 811 g/mol. The first-order chi connectivity index (χ1) is 27.3. The zero-order valence-electron chi connectivity index (χ0n) is 33.3. The summed E-state index contributed by atoms with van der Waals surface area (Å²) in [5.41, 5.74) is 5.45. The second-order valence-electron chi connectivity index (χ2n) is 12.8. The fourth-order valence-corrected chi connectivity index (χ4v) is 8.70. The van der Waals surface area contributed by atoms with Gasteiger partial charge in [0.1, 0.15) is 17.5 Å². The smallest absolute Gasteiger partial charge is 0.132 e. The maximum absolute atomic E-state index is 14.0. The lowest BCUT2D eigenvalue weighted by Gasteiger charge is -2.12. The van der Waals surface area contributed by atoms with Crippen LogP contribution in [-0.2, 0) is 6.42 Å². The molecule has 2 atom stereocenters. The van der Waals surface area contributed by atoms with Crippen molar-refractivity contribution in [3.63, 3.8) is 0 Å². The van der Waals surface area contributed by atoms with E-state index in [1.807, 2.05) is 84.9 Å². The van der Waals surface area contributed by atoms with Gasteiger partial charge in [-0.3, -0.25) is 0 Å². The molecule has 294 valence electrons. The maximum Gasteiger partial charge on any atom is 0.132 e. The molecular weight excluding hydrogens is 755 g/mol. The monoisotopic (exact) mass is 810 g/mol. The summed E-state index contributed by atoms with van der Waals surface area (Å²) in [5.74, 6) is 5.30. The zero-order valence-corrected chi connectivity index (χ0v) is 35.9. The van der Waals surface area contributed by atoms with Crippen molar-refractivity contribution in [1.82, 2.24) is 0 Å². The number of hydrogen-bond donors (Lipinski definition) is 0. The molecule has 5 rings (SSSR count). The normalized spacial score (nSPS) is 11.4. The highest BCUT2D eigenvalue weighted by Crippen LogP contribution is 2.39. The van der Waals surface area contributed by atoms with Gasteiger partial charge < -0.3 is 0 Å². The highest BCUT2D eigenvalue weighted by molar-refractivity contribution is 7.95. The Bertz CT molecular complexity index is 1930. The first-order valence-corrected chi connectivity index (χ1v) is 23.0. The van der Waals surface area contributed by atoms with Crippen LogP contribution in [0.25, 0.3) is 0 Å². The molecule has 0 aromatic heterocycles. The van der Waals surface area contributed by atoms with Gasteiger partial charge in [0, 0.05) is 31.4 Å². The fourth-order valence-electron chi connectivity index (χ4n) is 4.97. The van der Waals surface area contributed by atoms with Gasteiger partial charge in [0.15, 0.2) is 0 Å². The first kappa shape index (κ1) is 48.0. The van der Waals surface area contributed by atoms with E-state index in [2.05, 4.69) is 51.3 Å².